The highest BCUT2D eigenvalue weighted by Gasteiger charge is 2.11. The van der Waals surface area contributed by atoms with Crippen LogP contribution in [0.2, 0.25) is 10.0 Å². The lowest BCUT2D eigenvalue weighted by Gasteiger charge is -2.14. The summed E-state index contributed by atoms with van der Waals surface area (Å²) in [4.78, 5) is 1.85. The van der Waals surface area contributed by atoms with Gasteiger partial charge in [0.15, 0.2) is 0 Å². The molecule has 0 atom stereocenters. The number of aromatic nitrogens is 2. The van der Waals surface area contributed by atoms with E-state index < -0.39 is 0 Å². The van der Waals surface area contributed by atoms with Crippen LogP contribution in [0.4, 0.5) is 6.01 Å². The summed E-state index contributed by atoms with van der Waals surface area (Å²) in [7, 11) is 1.87. The first-order chi connectivity index (χ1) is 8.60. The summed E-state index contributed by atoms with van der Waals surface area (Å²) < 4.78 is 5.46. The van der Waals surface area contributed by atoms with E-state index in [1.54, 1.807) is 6.07 Å². The van der Waals surface area contributed by atoms with Gasteiger partial charge in [-0.1, -0.05) is 41.3 Å². The van der Waals surface area contributed by atoms with Crippen molar-refractivity contribution in [1.82, 2.24) is 10.2 Å². The van der Waals surface area contributed by atoms with Gasteiger partial charge in [-0.15, -0.1) is 5.10 Å². The van der Waals surface area contributed by atoms with Crippen LogP contribution < -0.4 is 4.90 Å². The van der Waals surface area contributed by atoms with E-state index in [0.717, 1.165) is 12.0 Å². The summed E-state index contributed by atoms with van der Waals surface area (Å²) in [5, 5.41) is 9.14. The monoisotopic (exact) mass is 285 g/mol. The highest BCUT2D eigenvalue weighted by atomic mass is 35.5. The van der Waals surface area contributed by atoms with E-state index in [1.165, 1.54) is 0 Å². The minimum absolute atomic E-state index is 0.484. The van der Waals surface area contributed by atoms with Gasteiger partial charge in [0.25, 0.3) is 0 Å². The summed E-state index contributed by atoms with van der Waals surface area (Å²) in [6.07, 6.45) is 0.725. The minimum Gasteiger partial charge on any atom is -0.408 e. The van der Waals surface area contributed by atoms with Crippen LogP contribution in [0.5, 0.6) is 0 Å². The van der Waals surface area contributed by atoms with Crippen molar-refractivity contribution in [3.63, 3.8) is 0 Å². The molecular formula is C12H13Cl2N3O. The lowest BCUT2D eigenvalue weighted by molar-refractivity contribution is 0.494. The lowest BCUT2D eigenvalue weighted by atomic mass is 10.2. The maximum Gasteiger partial charge on any atom is 0.318 e. The predicted molar refractivity (Wildman–Crippen MR) is 72.2 cm³/mol. The van der Waals surface area contributed by atoms with Gasteiger partial charge in [-0.2, -0.15) is 0 Å². The molecule has 1 aromatic carbocycles. The Morgan fingerprint density at radius 2 is 2.06 bits per heavy atom. The van der Waals surface area contributed by atoms with E-state index >= 15 is 0 Å². The first-order valence-corrected chi connectivity index (χ1v) is 6.33. The van der Waals surface area contributed by atoms with Crippen molar-refractivity contribution < 1.29 is 4.42 Å². The number of hydrogen-bond acceptors (Lipinski definition) is 4. The van der Waals surface area contributed by atoms with Crippen LogP contribution in [0.25, 0.3) is 0 Å². The largest absolute Gasteiger partial charge is 0.408 e. The molecule has 0 unspecified atom stereocenters. The average Bonchev–Trinajstić information content (AvgIpc) is 2.81. The molecule has 6 heteroatoms. The number of rotatable bonds is 4. The molecule has 0 fully saturated rings. The lowest BCUT2D eigenvalue weighted by Crippen LogP contribution is -2.16. The van der Waals surface area contributed by atoms with Crippen molar-refractivity contribution in [2.45, 2.75) is 19.9 Å². The molecule has 1 heterocycles. The molecule has 0 saturated heterocycles. The molecule has 0 saturated carbocycles. The molecule has 0 radical (unpaired) electrons. The van der Waals surface area contributed by atoms with E-state index in [9.17, 15) is 0 Å². The second kappa shape index (κ2) is 5.59. The maximum atomic E-state index is 6.12. The summed E-state index contributed by atoms with van der Waals surface area (Å²) in [5.41, 5.74) is 0.958. The van der Waals surface area contributed by atoms with Crippen LogP contribution in [0.1, 0.15) is 18.4 Å². The van der Waals surface area contributed by atoms with Crippen LogP contribution in [0, 0.1) is 0 Å². The topological polar surface area (TPSA) is 42.2 Å². The Kier molecular flexibility index (Phi) is 4.09. The van der Waals surface area contributed by atoms with Gasteiger partial charge in [0.1, 0.15) is 0 Å². The molecule has 96 valence electrons. The highest BCUT2D eigenvalue weighted by molar-refractivity contribution is 6.35. The van der Waals surface area contributed by atoms with E-state index in [-0.39, 0.29) is 0 Å². The Labute approximate surface area is 116 Å². The summed E-state index contributed by atoms with van der Waals surface area (Å²) in [6, 6.07) is 5.90. The van der Waals surface area contributed by atoms with E-state index in [0.29, 0.717) is 28.5 Å². The Balaban J connectivity index is 2.13. The summed E-state index contributed by atoms with van der Waals surface area (Å²) >= 11 is 12.0. The van der Waals surface area contributed by atoms with Gasteiger partial charge in [0, 0.05) is 30.1 Å². The molecule has 1 aromatic heterocycles. The van der Waals surface area contributed by atoms with Crippen molar-refractivity contribution in [1.29, 1.82) is 0 Å². The fraction of sp³-hybridized carbons (Fsp3) is 0.333. The van der Waals surface area contributed by atoms with Crippen molar-refractivity contribution >= 4 is 29.2 Å². The fourth-order valence-electron chi connectivity index (χ4n) is 1.51. The number of benzene rings is 1. The van der Waals surface area contributed by atoms with Crippen molar-refractivity contribution in [2.75, 3.05) is 11.9 Å². The number of hydrogen-bond donors (Lipinski definition) is 0. The van der Waals surface area contributed by atoms with Gasteiger partial charge < -0.3 is 9.32 Å². The van der Waals surface area contributed by atoms with Gasteiger partial charge in [-0.25, -0.2) is 0 Å². The molecule has 2 rings (SSSR count). The number of nitrogens with zero attached hydrogens (tertiary/aromatic N) is 3. The maximum absolute atomic E-state index is 6.12. The van der Waals surface area contributed by atoms with Crippen molar-refractivity contribution in [3.05, 3.63) is 39.7 Å². The van der Waals surface area contributed by atoms with Gasteiger partial charge in [0.05, 0.1) is 0 Å². The van der Waals surface area contributed by atoms with E-state index in [2.05, 4.69) is 10.2 Å². The third-order valence-corrected chi connectivity index (χ3v) is 3.09. The van der Waals surface area contributed by atoms with Crippen LogP contribution in [-0.4, -0.2) is 17.2 Å². The van der Waals surface area contributed by atoms with Crippen LogP contribution in [-0.2, 0) is 13.0 Å². The molecule has 0 N–H and O–H groups in total. The quantitative estimate of drug-likeness (QED) is 0.861. The smallest absolute Gasteiger partial charge is 0.318 e. The summed E-state index contributed by atoms with van der Waals surface area (Å²) in [6.45, 7) is 2.55. The molecule has 0 bridgehead atoms. The fourth-order valence-corrected chi connectivity index (χ4v) is 1.98. The highest BCUT2D eigenvalue weighted by Crippen LogP contribution is 2.23. The molecule has 18 heavy (non-hydrogen) atoms. The predicted octanol–water partition coefficient (Wildman–Crippen LogP) is 3.58. The van der Waals surface area contributed by atoms with Gasteiger partial charge >= 0.3 is 6.01 Å². The second-order valence-corrected chi connectivity index (χ2v) is 4.77. The molecule has 0 aliphatic heterocycles. The Hall–Kier alpha value is -1.26. The van der Waals surface area contributed by atoms with Crippen LogP contribution in [0.3, 0.4) is 0 Å². The molecular weight excluding hydrogens is 273 g/mol. The minimum atomic E-state index is 0.484. The van der Waals surface area contributed by atoms with Crippen LogP contribution >= 0.6 is 23.2 Å². The normalized spacial score (nSPS) is 10.7. The molecule has 0 amide bonds. The Bertz CT molecular complexity index is 542. The third-order valence-electron chi connectivity index (χ3n) is 2.51. The second-order valence-electron chi connectivity index (χ2n) is 3.92. The molecule has 0 spiro atoms. The standard InChI is InChI=1S/C12H13Cl2N3O/c1-3-11-15-16-12(18-11)17(2)7-8-4-5-9(13)6-10(8)14/h4-6H,3,7H2,1-2H3. The first kappa shape index (κ1) is 13.2. The van der Waals surface area contributed by atoms with Gasteiger partial charge in [-0.05, 0) is 17.7 Å². The van der Waals surface area contributed by atoms with Crippen molar-refractivity contribution in [3.8, 4) is 0 Å². The zero-order valence-electron chi connectivity index (χ0n) is 10.2. The zero-order chi connectivity index (χ0) is 13.1. The van der Waals surface area contributed by atoms with Crippen LogP contribution in [0.15, 0.2) is 22.6 Å². The summed E-state index contributed by atoms with van der Waals surface area (Å²) in [5.74, 6) is 0.624. The van der Waals surface area contributed by atoms with Gasteiger partial charge in [0.2, 0.25) is 5.89 Å². The SMILES string of the molecule is CCc1nnc(N(C)Cc2ccc(Cl)cc2Cl)o1. The third kappa shape index (κ3) is 2.94. The molecule has 4 nitrogen and oxygen atoms in total. The van der Waals surface area contributed by atoms with Crippen molar-refractivity contribution in [2.24, 2.45) is 0 Å². The average molecular weight is 286 g/mol. The number of aryl methyl sites for hydroxylation is 1. The number of halogens is 2. The molecule has 2 aromatic rings. The first-order valence-electron chi connectivity index (χ1n) is 5.57. The van der Waals surface area contributed by atoms with Gasteiger partial charge in [-0.3, -0.25) is 0 Å². The zero-order valence-corrected chi connectivity index (χ0v) is 11.7. The molecule has 0 aliphatic rings. The van der Waals surface area contributed by atoms with E-state index in [1.807, 2.05) is 31.0 Å². The van der Waals surface area contributed by atoms with E-state index in [4.69, 9.17) is 27.6 Å². The number of anilines is 1. The Morgan fingerprint density at radius 3 is 2.67 bits per heavy atom. The molecule has 0 aliphatic carbocycles. The Morgan fingerprint density at radius 1 is 1.28 bits per heavy atom.